The number of aliphatic hydroxyl groups excluding tert-OH is 1. The quantitative estimate of drug-likeness (QED) is 0.244. The Morgan fingerprint density at radius 1 is 1.31 bits per heavy atom. The topological polar surface area (TPSA) is 108 Å². The lowest BCUT2D eigenvalue weighted by atomic mass is 9.53. The Kier molecular flexibility index (Phi) is 9.10. The highest BCUT2D eigenvalue weighted by atomic mass is 35.5. The molecule has 0 spiro atoms. The third kappa shape index (κ3) is 5.33. The summed E-state index contributed by atoms with van der Waals surface area (Å²) in [6, 6.07) is 9.84. The van der Waals surface area contributed by atoms with Gasteiger partial charge in [0.1, 0.15) is 23.0 Å². The number of halogens is 1. The number of rotatable bonds is 10. The number of aliphatic hydroxyl groups is 2. The van der Waals surface area contributed by atoms with E-state index in [1.54, 1.807) is 6.92 Å². The van der Waals surface area contributed by atoms with Crippen LogP contribution in [0.1, 0.15) is 45.6 Å². The standard InChI is InChI=1S/C26H36ClNO6S/c1-17(2)10-11-20-24(3,34-20)26(23(31)28-21(30)14-27)22(33-4)19(29)12-13-25(26,32)16-35-15-18-8-6-5-7-9-18/h5-10,19-20,22,29,32H,11-16H2,1-4H3,(H,28,30,31). The van der Waals surface area contributed by atoms with E-state index in [-0.39, 0.29) is 18.6 Å². The van der Waals surface area contributed by atoms with Crippen LogP contribution >= 0.6 is 23.4 Å². The molecule has 3 N–H and O–H groups in total. The van der Waals surface area contributed by atoms with Crippen molar-refractivity contribution < 1.29 is 29.3 Å². The van der Waals surface area contributed by atoms with Crippen LogP contribution in [0, 0.1) is 5.41 Å². The van der Waals surface area contributed by atoms with Gasteiger partial charge in [-0.25, -0.2) is 0 Å². The van der Waals surface area contributed by atoms with Crippen molar-refractivity contribution in [2.45, 2.75) is 75.3 Å². The highest BCUT2D eigenvalue weighted by molar-refractivity contribution is 7.98. The number of nitrogens with one attached hydrogen (secondary N) is 1. The predicted octanol–water partition coefficient (Wildman–Crippen LogP) is 3.20. The van der Waals surface area contributed by atoms with E-state index in [1.165, 1.54) is 18.9 Å². The average Bonchev–Trinajstić information content (AvgIpc) is 3.50. The Morgan fingerprint density at radius 3 is 2.60 bits per heavy atom. The van der Waals surface area contributed by atoms with Gasteiger partial charge >= 0.3 is 0 Å². The minimum absolute atomic E-state index is 0.145. The summed E-state index contributed by atoms with van der Waals surface area (Å²) in [5.41, 5.74) is -2.38. The predicted molar refractivity (Wildman–Crippen MR) is 137 cm³/mol. The first-order valence-corrected chi connectivity index (χ1v) is 13.5. The Bertz CT molecular complexity index is 941. The molecule has 1 aromatic carbocycles. The van der Waals surface area contributed by atoms with Crippen molar-refractivity contribution in [2.24, 2.45) is 5.41 Å². The summed E-state index contributed by atoms with van der Waals surface area (Å²) in [7, 11) is 1.40. The maximum absolute atomic E-state index is 14.0. The van der Waals surface area contributed by atoms with Crippen LogP contribution in [-0.2, 0) is 24.8 Å². The molecule has 7 nitrogen and oxygen atoms in total. The molecule has 2 fully saturated rings. The van der Waals surface area contributed by atoms with E-state index in [0.717, 1.165) is 11.1 Å². The second-order valence-corrected chi connectivity index (χ2v) is 11.1. The van der Waals surface area contributed by atoms with Crippen molar-refractivity contribution in [2.75, 3.05) is 18.7 Å². The summed E-state index contributed by atoms with van der Waals surface area (Å²) in [4.78, 5) is 26.2. The zero-order chi connectivity index (χ0) is 25.9. The number of hydrogen-bond donors (Lipinski definition) is 3. The highest BCUT2D eigenvalue weighted by Gasteiger charge is 2.80. The molecule has 1 saturated heterocycles. The monoisotopic (exact) mass is 525 g/mol. The smallest absolute Gasteiger partial charge is 0.241 e. The molecule has 1 saturated carbocycles. The number of carbonyl (C=O) groups is 2. The fraction of sp³-hybridized carbons (Fsp3) is 0.615. The molecule has 2 amide bonds. The molecule has 2 aliphatic rings. The van der Waals surface area contributed by atoms with E-state index in [9.17, 15) is 19.8 Å². The number of methoxy groups -OCH3 is 1. The SMILES string of the molecule is COC1C(O)CCC(O)(CSCc2ccccc2)C1(C(=O)NC(=O)CCl)C1(C)OC1CC=C(C)C. The maximum atomic E-state index is 14.0. The Hall–Kier alpha value is -1.42. The lowest BCUT2D eigenvalue weighted by Crippen LogP contribution is -2.75. The van der Waals surface area contributed by atoms with Crippen LogP contribution in [0.2, 0.25) is 0 Å². The van der Waals surface area contributed by atoms with Crippen molar-refractivity contribution in [1.82, 2.24) is 5.32 Å². The zero-order valence-corrected chi connectivity index (χ0v) is 22.3. The van der Waals surface area contributed by atoms with E-state index < -0.39 is 52.6 Å². The lowest BCUT2D eigenvalue weighted by Gasteiger charge is -2.56. The van der Waals surface area contributed by atoms with Gasteiger partial charge in [0, 0.05) is 18.6 Å². The largest absolute Gasteiger partial charge is 0.390 e. The van der Waals surface area contributed by atoms with Gasteiger partial charge in [0.2, 0.25) is 11.8 Å². The van der Waals surface area contributed by atoms with E-state index in [4.69, 9.17) is 21.1 Å². The van der Waals surface area contributed by atoms with Crippen LogP contribution in [0.25, 0.3) is 0 Å². The molecule has 6 unspecified atom stereocenters. The van der Waals surface area contributed by atoms with E-state index in [1.807, 2.05) is 50.3 Å². The average molecular weight is 526 g/mol. The fourth-order valence-electron chi connectivity index (χ4n) is 5.51. The van der Waals surface area contributed by atoms with Gasteiger partial charge in [0.25, 0.3) is 0 Å². The first-order chi connectivity index (χ1) is 16.6. The van der Waals surface area contributed by atoms with Crippen molar-refractivity contribution in [1.29, 1.82) is 0 Å². The lowest BCUT2D eigenvalue weighted by molar-refractivity contribution is -0.227. The normalized spacial score (nSPS) is 34.2. The second-order valence-electron chi connectivity index (χ2n) is 9.82. The number of epoxide rings is 1. The van der Waals surface area contributed by atoms with E-state index in [2.05, 4.69) is 5.32 Å². The summed E-state index contributed by atoms with van der Waals surface area (Å²) in [6.07, 6.45) is 0.403. The van der Waals surface area contributed by atoms with Gasteiger partial charge in [-0.3, -0.25) is 14.9 Å². The van der Waals surface area contributed by atoms with Crippen LogP contribution in [0.4, 0.5) is 0 Å². The van der Waals surface area contributed by atoms with Crippen molar-refractivity contribution >= 4 is 35.2 Å². The molecular formula is C26H36ClNO6S. The van der Waals surface area contributed by atoms with Gasteiger partial charge in [-0.15, -0.1) is 11.6 Å². The molecule has 0 bridgehead atoms. The van der Waals surface area contributed by atoms with Crippen molar-refractivity contribution in [3.63, 3.8) is 0 Å². The van der Waals surface area contributed by atoms with Crippen molar-refractivity contribution in [3.8, 4) is 0 Å². The molecule has 35 heavy (non-hydrogen) atoms. The van der Waals surface area contributed by atoms with Gasteiger partial charge in [-0.05, 0) is 45.6 Å². The van der Waals surface area contributed by atoms with Gasteiger partial charge in [0.15, 0.2) is 0 Å². The second kappa shape index (κ2) is 11.3. The highest BCUT2D eigenvalue weighted by Crippen LogP contribution is 2.63. The first-order valence-electron chi connectivity index (χ1n) is 11.8. The Labute approximate surface area is 216 Å². The summed E-state index contributed by atoms with van der Waals surface area (Å²) < 4.78 is 11.9. The Morgan fingerprint density at radius 2 is 2.00 bits per heavy atom. The molecule has 6 atom stereocenters. The zero-order valence-electron chi connectivity index (χ0n) is 20.8. The van der Waals surface area contributed by atoms with E-state index >= 15 is 0 Å². The molecule has 1 heterocycles. The van der Waals surface area contributed by atoms with Gasteiger partial charge in [-0.2, -0.15) is 11.8 Å². The molecule has 1 aliphatic carbocycles. The van der Waals surface area contributed by atoms with Crippen LogP contribution in [0.5, 0.6) is 0 Å². The fourth-order valence-corrected chi connectivity index (χ4v) is 6.82. The van der Waals surface area contributed by atoms with Crippen LogP contribution in [-0.4, -0.2) is 70.3 Å². The molecule has 0 radical (unpaired) electrons. The minimum Gasteiger partial charge on any atom is -0.390 e. The molecule has 1 aliphatic heterocycles. The van der Waals surface area contributed by atoms with Crippen molar-refractivity contribution in [3.05, 3.63) is 47.5 Å². The number of hydrogen-bond acceptors (Lipinski definition) is 7. The summed E-state index contributed by atoms with van der Waals surface area (Å²) in [5, 5.41) is 25.6. The summed E-state index contributed by atoms with van der Waals surface area (Å²) in [6.45, 7) is 5.71. The molecule has 194 valence electrons. The number of thioether (sulfide) groups is 1. The number of allylic oxidation sites excluding steroid dienone is 1. The molecule has 9 heteroatoms. The number of benzene rings is 1. The minimum atomic E-state index is -1.75. The molecule has 0 aromatic heterocycles. The summed E-state index contributed by atoms with van der Waals surface area (Å²) >= 11 is 7.18. The van der Waals surface area contributed by atoms with Crippen LogP contribution in [0.3, 0.4) is 0 Å². The first kappa shape index (κ1) is 28.2. The number of carbonyl (C=O) groups excluding carboxylic acids is 2. The molecular weight excluding hydrogens is 490 g/mol. The number of ether oxygens (including phenoxy) is 2. The van der Waals surface area contributed by atoms with Gasteiger partial charge < -0.3 is 19.7 Å². The summed E-state index contributed by atoms with van der Waals surface area (Å²) in [5.74, 6) is -1.03. The van der Waals surface area contributed by atoms with Crippen LogP contribution in [0.15, 0.2) is 42.0 Å². The van der Waals surface area contributed by atoms with E-state index in [0.29, 0.717) is 12.2 Å². The maximum Gasteiger partial charge on any atom is 0.241 e. The molecule has 1 aromatic rings. The number of alkyl halides is 1. The van der Waals surface area contributed by atoms with Gasteiger partial charge in [0.05, 0.1) is 17.8 Å². The van der Waals surface area contributed by atoms with Crippen LogP contribution < -0.4 is 5.32 Å². The number of imide groups is 1. The Balaban J connectivity index is 2.05. The third-order valence-electron chi connectivity index (χ3n) is 7.27. The molecule has 3 rings (SSSR count). The van der Waals surface area contributed by atoms with Gasteiger partial charge in [-0.1, -0.05) is 42.0 Å². The third-order valence-corrected chi connectivity index (χ3v) is 8.73. The number of amides is 2.